The van der Waals surface area contributed by atoms with E-state index in [1.165, 1.54) is 0 Å². The predicted molar refractivity (Wildman–Crippen MR) is 92.4 cm³/mol. The Hall–Kier alpha value is -1.89. The van der Waals surface area contributed by atoms with E-state index in [2.05, 4.69) is 9.71 Å². The van der Waals surface area contributed by atoms with Gasteiger partial charge in [0.15, 0.2) is 0 Å². The van der Waals surface area contributed by atoms with Crippen LogP contribution in [0.25, 0.3) is 0 Å². The van der Waals surface area contributed by atoms with Gasteiger partial charge in [0.25, 0.3) is 10.0 Å². The summed E-state index contributed by atoms with van der Waals surface area (Å²) in [6, 6.07) is 6.14. The lowest BCUT2D eigenvalue weighted by Crippen LogP contribution is -2.44. The fraction of sp³-hybridized carbons (Fsp3) is 0.529. The molecule has 0 aromatic heterocycles. The van der Waals surface area contributed by atoms with Crippen LogP contribution in [-0.4, -0.2) is 44.2 Å². The Morgan fingerprint density at radius 2 is 1.83 bits per heavy atom. The van der Waals surface area contributed by atoms with Crippen molar-refractivity contribution in [3.8, 4) is 0 Å². The predicted octanol–water partition coefficient (Wildman–Crippen LogP) is 1.76. The van der Waals surface area contributed by atoms with E-state index < -0.39 is 16.1 Å². The SMILES string of the molecule is CC(C)[C@H](N=C1NS(=O)(=O)c2ccccc21)C(=O)N1CCCCC1. The summed E-state index contributed by atoms with van der Waals surface area (Å²) in [4.78, 5) is 19.4. The molecule has 1 amide bonds. The molecule has 2 heterocycles. The van der Waals surface area contributed by atoms with Crippen LogP contribution in [0, 0.1) is 5.92 Å². The highest BCUT2D eigenvalue weighted by Crippen LogP contribution is 2.24. The lowest BCUT2D eigenvalue weighted by Gasteiger charge is -2.30. The topological polar surface area (TPSA) is 78.8 Å². The number of sulfonamides is 1. The number of amidine groups is 1. The van der Waals surface area contributed by atoms with Gasteiger partial charge < -0.3 is 4.90 Å². The van der Waals surface area contributed by atoms with Gasteiger partial charge in [-0.15, -0.1) is 0 Å². The monoisotopic (exact) mass is 349 g/mol. The zero-order valence-corrected chi connectivity index (χ0v) is 14.8. The summed E-state index contributed by atoms with van der Waals surface area (Å²) in [6.45, 7) is 5.39. The number of carbonyl (C=O) groups excluding carboxylic acids is 1. The molecular formula is C17H23N3O3S. The van der Waals surface area contributed by atoms with Gasteiger partial charge in [0, 0.05) is 18.7 Å². The number of carbonyl (C=O) groups is 1. The molecule has 130 valence electrons. The van der Waals surface area contributed by atoms with E-state index in [1.54, 1.807) is 24.3 Å². The van der Waals surface area contributed by atoms with Gasteiger partial charge in [0.1, 0.15) is 11.9 Å². The molecule has 1 fully saturated rings. The lowest BCUT2D eigenvalue weighted by atomic mass is 10.0. The number of hydrogen-bond donors (Lipinski definition) is 1. The van der Waals surface area contributed by atoms with Crippen LogP contribution in [0.2, 0.25) is 0 Å². The number of piperidine rings is 1. The smallest absolute Gasteiger partial charge is 0.263 e. The van der Waals surface area contributed by atoms with E-state index >= 15 is 0 Å². The molecule has 1 N–H and O–H groups in total. The van der Waals surface area contributed by atoms with E-state index in [9.17, 15) is 13.2 Å². The van der Waals surface area contributed by atoms with Crippen molar-refractivity contribution in [2.45, 2.75) is 44.0 Å². The Bertz CT molecular complexity index is 765. The van der Waals surface area contributed by atoms with Crippen LogP contribution in [0.15, 0.2) is 34.2 Å². The van der Waals surface area contributed by atoms with E-state index in [4.69, 9.17) is 0 Å². The minimum atomic E-state index is -3.58. The standard InChI is InChI=1S/C17H23N3O3S/c1-12(2)15(17(21)20-10-6-3-7-11-20)18-16-13-8-4-5-9-14(13)24(22,23)19-16/h4-5,8-9,12,15H,3,6-7,10-11H2,1-2H3,(H,18,19)/t15-/m0/s1. The number of nitrogens with one attached hydrogen (secondary N) is 1. The molecule has 3 rings (SSSR count). The van der Waals surface area contributed by atoms with Crippen molar-refractivity contribution in [3.05, 3.63) is 29.8 Å². The number of aliphatic imine (C=N–C) groups is 1. The molecule has 0 radical (unpaired) electrons. The lowest BCUT2D eigenvalue weighted by molar-refractivity contribution is -0.134. The molecule has 6 nitrogen and oxygen atoms in total. The van der Waals surface area contributed by atoms with Crippen molar-refractivity contribution in [3.63, 3.8) is 0 Å². The van der Waals surface area contributed by atoms with Gasteiger partial charge in [-0.1, -0.05) is 26.0 Å². The summed E-state index contributed by atoms with van der Waals surface area (Å²) in [5.41, 5.74) is 0.537. The maximum Gasteiger partial charge on any atom is 0.263 e. The maximum absolute atomic E-state index is 12.8. The highest BCUT2D eigenvalue weighted by Gasteiger charge is 2.34. The van der Waals surface area contributed by atoms with Gasteiger partial charge in [-0.2, -0.15) is 0 Å². The third kappa shape index (κ3) is 3.17. The zero-order valence-electron chi connectivity index (χ0n) is 14.0. The molecule has 2 aliphatic rings. The molecule has 1 atom stereocenters. The molecular weight excluding hydrogens is 326 g/mol. The molecule has 1 aromatic rings. The number of fused-ring (bicyclic) bond motifs is 1. The Morgan fingerprint density at radius 3 is 2.50 bits per heavy atom. The third-order valence-corrected chi connectivity index (χ3v) is 5.88. The summed E-state index contributed by atoms with van der Waals surface area (Å²) in [6.07, 6.45) is 3.18. The van der Waals surface area contributed by atoms with Crippen LogP contribution in [-0.2, 0) is 14.8 Å². The van der Waals surface area contributed by atoms with Crippen molar-refractivity contribution in [1.82, 2.24) is 9.62 Å². The van der Waals surface area contributed by atoms with E-state index in [1.807, 2.05) is 18.7 Å². The largest absolute Gasteiger partial charge is 0.341 e. The first-order valence-corrected chi connectivity index (χ1v) is 9.87. The fourth-order valence-electron chi connectivity index (χ4n) is 3.16. The first kappa shape index (κ1) is 17.0. The van der Waals surface area contributed by atoms with Gasteiger partial charge in [0.05, 0.1) is 4.90 Å². The van der Waals surface area contributed by atoms with E-state index in [-0.39, 0.29) is 22.6 Å². The molecule has 2 aliphatic heterocycles. The normalized spacial score (nSPS) is 22.3. The number of likely N-dealkylation sites (tertiary alicyclic amines) is 1. The zero-order chi connectivity index (χ0) is 17.3. The second-order valence-corrected chi connectivity index (χ2v) is 8.30. The van der Waals surface area contributed by atoms with Gasteiger partial charge >= 0.3 is 0 Å². The number of amides is 1. The summed E-state index contributed by atoms with van der Waals surface area (Å²) in [5, 5.41) is 0. The Morgan fingerprint density at radius 1 is 1.17 bits per heavy atom. The first-order chi connectivity index (χ1) is 11.4. The summed E-state index contributed by atoms with van der Waals surface area (Å²) < 4.78 is 26.9. The van der Waals surface area contributed by atoms with Crippen molar-refractivity contribution in [1.29, 1.82) is 0 Å². The average Bonchev–Trinajstić information content (AvgIpc) is 2.84. The quantitative estimate of drug-likeness (QED) is 0.903. The number of hydrogen-bond acceptors (Lipinski definition) is 4. The third-order valence-electron chi connectivity index (χ3n) is 4.48. The molecule has 0 aliphatic carbocycles. The van der Waals surface area contributed by atoms with Gasteiger partial charge in [-0.05, 0) is 37.3 Å². The minimum Gasteiger partial charge on any atom is -0.341 e. The van der Waals surface area contributed by atoms with Crippen LogP contribution < -0.4 is 4.72 Å². The van der Waals surface area contributed by atoms with Gasteiger partial charge in [-0.3, -0.25) is 14.5 Å². The summed E-state index contributed by atoms with van der Waals surface area (Å²) in [5.74, 6) is 0.250. The average molecular weight is 349 g/mol. The molecule has 1 saturated heterocycles. The van der Waals surface area contributed by atoms with Crippen molar-refractivity contribution in [2.75, 3.05) is 13.1 Å². The van der Waals surface area contributed by atoms with Crippen LogP contribution in [0.4, 0.5) is 0 Å². The molecule has 0 saturated carbocycles. The number of benzene rings is 1. The van der Waals surface area contributed by atoms with Gasteiger partial charge in [-0.25, -0.2) is 8.42 Å². The van der Waals surface area contributed by atoms with Crippen LogP contribution >= 0.6 is 0 Å². The molecule has 7 heteroatoms. The maximum atomic E-state index is 12.8. The molecule has 0 bridgehead atoms. The highest BCUT2D eigenvalue weighted by molar-refractivity contribution is 7.90. The Labute approximate surface area is 143 Å². The molecule has 0 spiro atoms. The highest BCUT2D eigenvalue weighted by atomic mass is 32.2. The van der Waals surface area contributed by atoms with E-state index in [0.717, 1.165) is 32.4 Å². The van der Waals surface area contributed by atoms with Crippen LogP contribution in [0.1, 0.15) is 38.7 Å². The molecule has 24 heavy (non-hydrogen) atoms. The van der Waals surface area contributed by atoms with Crippen molar-refractivity contribution >= 4 is 21.8 Å². The number of nitrogens with zero attached hydrogens (tertiary/aromatic N) is 2. The van der Waals surface area contributed by atoms with Crippen LogP contribution in [0.5, 0.6) is 0 Å². The Kier molecular flexibility index (Phi) is 4.62. The van der Waals surface area contributed by atoms with E-state index in [0.29, 0.717) is 5.56 Å². The number of rotatable bonds is 3. The second-order valence-electron chi connectivity index (χ2n) is 6.65. The van der Waals surface area contributed by atoms with Crippen molar-refractivity contribution < 1.29 is 13.2 Å². The van der Waals surface area contributed by atoms with Crippen molar-refractivity contribution in [2.24, 2.45) is 10.9 Å². The van der Waals surface area contributed by atoms with Gasteiger partial charge in [0.2, 0.25) is 5.91 Å². The summed E-state index contributed by atoms with van der Waals surface area (Å²) >= 11 is 0. The first-order valence-electron chi connectivity index (χ1n) is 8.39. The minimum absolute atomic E-state index is 0.0100. The molecule has 0 unspecified atom stereocenters. The van der Waals surface area contributed by atoms with Crippen LogP contribution in [0.3, 0.4) is 0 Å². The second kappa shape index (κ2) is 6.55. The summed E-state index contributed by atoms with van der Waals surface area (Å²) in [7, 11) is -3.58. The molecule has 1 aromatic carbocycles. The Balaban J connectivity index is 1.94. The fourth-order valence-corrected chi connectivity index (χ4v) is 4.40.